The molecule has 3 nitrogen and oxygen atoms in total. The second-order valence-electron chi connectivity index (χ2n) is 3.38. The van der Waals surface area contributed by atoms with Crippen LogP contribution < -0.4 is 5.73 Å². The number of nitrogens with zero attached hydrogens (tertiary/aromatic N) is 2. The number of nitrogens with two attached hydrogens (primary N) is 1. The van der Waals surface area contributed by atoms with Crippen LogP contribution in [0.5, 0.6) is 0 Å². The van der Waals surface area contributed by atoms with E-state index in [-0.39, 0.29) is 0 Å². The maximum Gasteiger partial charge on any atom is 0.0702 e. The Morgan fingerprint density at radius 3 is 2.57 bits per heavy atom. The highest BCUT2D eigenvalue weighted by molar-refractivity contribution is 5.73. The van der Waals surface area contributed by atoms with Gasteiger partial charge in [0.15, 0.2) is 0 Å². The van der Waals surface area contributed by atoms with Gasteiger partial charge in [-0.25, -0.2) is 0 Å². The Hall–Kier alpha value is -1.77. The summed E-state index contributed by atoms with van der Waals surface area (Å²) in [7, 11) is 1.93. The molecule has 0 saturated carbocycles. The van der Waals surface area contributed by atoms with Crippen LogP contribution in [0.2, 0.25) is 0 Å². The third kappa shape index (κ3) is 1.37. The monoisotopic (exact) mass is 187 g/mol. The molecule has 3 heteroatoms. The summed E-state index contributed by atoms with van der Waals surface area (Å²) in [4.78, 5) is 0. The lowest BCUT2D eigenvalue weighted by atomic mass is 10.1. The highest BCUT2D eigenvalue weighted by Crippen LogP contribution is 2.25. The van der Waals surface area contributed by atoms with Gasteiger partial charge in [-0.15, -0.1) is 0 Å². The third-order valence-corrected chi connectivity index (χ3v) is 2.24. The van der Waals surface area contributed by atoms with Crippen molar-refractivity contribution in [1.82, 2.24) is 9.78 Å². The van der Waals surface area contributed by atoms with Crippen molar-refractivity contribution in [2.24, 2.45) is 7.05 Å². The third-order valence-electron chi connectivity index (χ3n) is 2.24. The summed E-state index contributed by atoms with van der Waals surface area (Å²) in [5.41, 5.74) is 9.78. The Kier molecular flexibility index (Phi) is 2.00. The molecule has 14 heavy (non-hydrogen) atoms. The number of nitrogen functional groups attached to an aromatic ring is 1. The second kappa shape index (κ2) is 3.18. The van der Waals surface area contributed by atoms with Gasteiger partial charge in [-0.2, -0.15) is 5.10 Å². The topological polar surface area (TPSA) is 43.8 Å². The molecule has 1 heterocycles. The van der Waals surface area contributed by atoms with Gasteiger partial charge in [-0.1, -0.05) is 18.2 Å². The van der Waals surface area contributed by atoms with Crippen LogP contribution in [0.3, 0.4) is 0 Å². The van der Waals surface area contributed by atoms with E-state index >= 15 is 0 Å². The molecule has 2 N–H and O–H groups in total. The van der Waals surface area contributed by atoms with E-state index in [0.717, 1.165) is 22.6 Å². The van der Waals surface area contributed by atoms with Crippen molar-refractivity contribution in [3.8, 4) is 11.3 Å². The molecule has 1 aromatic carbocycles. The molecule has 0 aliphatic carbocycles. The van der Waals surface area contributed by atoms with Crippen LogP contribution in [0.1, 0.15) is 5.69 Å². The van der Waals surface area contributed by atoms with Crippen molar-refractivity contribution in [3.05, 3.63) is 36.0 Å². The number of hydrogen-bond donors (Lipinski definition) is 1. The Morgan fingerprint density at radius 1 is 1.29 bits per heavy atom. The van der Waals surface area contributed by atoms with E-state index in [4.69, 9.17) is 5.73 Å². The van der Waals surface area contributed by atoms with Crippen molar-refractivity contribution in [2.75, 3.05) is 5.73 Å². The van der Waals surface area contributed by atoms with Crippen molar-refractivity contribution in [3.63, 3.8) is 0 Å². The number of hydrogen-bond acceptors (Lipinski definition) is 2. The average molecular weight is 187 g/mol. The second-order valence-corrected chi connectivity index (χ2v) is 3.38. The van der Waals surface area contributed by atoms with Crippen molar-refractivity contribution < 1.29 is 0 Å². The minimum Gasteiger partial charge on any atom is -0.398 e. The fraction of sp³-hybridized carbons (Fsp3) is 0.182. The van der Waals surface area contributed by atoms with E-state index in [1.165, 1.54) is 0 Å². The zero-order valence-electron chi connectivity index (χ0n) is 8.36. The van der Waals surface area contributed by atoms with Gasteiger partial charge < -0.3 is 5.73 Å². The maximum absolute atomic E-state index is 5.89. The highest BCUT2D eigenvalue weighted by Gasteiger charge is 2.06. The molecular formula is C11H13N3. The van der Waals surface area contributed by atoms with E-state index in [2.05, 4.69) is 5.10 Å². The lowest BCUT2D eigenvalue weighted by Crippen LogP contribution is -1.96. The molecule has 0 aliphatic rings. The zero-order valence-corrected chi connectivity index (χ0v) is 8.36. The molecule has 0 amide bonds. The van der Waals surface area contributed by atoms with Crippen LogP contribution in [0.4, 0.5) is 5.69 Å². The first kappa shape index (κ1) is 8.81. The standard InChI is InChI=1S/C11H13N3/c1-8-7-11(14(2)13-8)9-5-3-4-6-10(9)12/h3-7H,12H2,1-2H3. The summed E-state index contributed by atoms with van der Waals surface area (Å²) in [6, 6.07) is 9.85. The fourth-order valence-electron chi connectivity index (χ4n) is 1.59. The average Bonchev–Trinajstić information content (AvgIpc) is 2.46. The quantitative estimate of drug-likeness (QED) is 0.694. The first-order valence-corrected chi connectivity index (χ1v) is 4.54. The normalized spacial score (nSPS) is 10.4. The lowest BCUT2D eigenvalue weighted by Gasteiger charge is -2.04. The van der Waals surface area contributed by atoms with Gasteiger partial charge in [-0.3, -0.25) is 4.68 Å². The maximum atomic E-state index is 5.89. The van der Waals surface area contributed by atoms with Gasteiger partial charge in [0.05, 0.1) is 11.4 Å². The lowest BCUT2D eigenvalue weighted by molar-refractivity contribution is 0.764. The van der Waals surface area contributed by atoms with Gasteiger partial charge in [0.1, 0.15) is 0 Å². The van der Waals surface area contributed by atoms with Gasteiger partial charge in [0.2, 0.25) is 0 Å². The summed E-state index contributed by atoms with van der Waals surface area (Å²) in [5, 5.41) is 4.29. The molecule has 0 bridgehead atoms. The van der Waals surface area contributed by atoms with E-state index in [1.54, 1.807) is 0 Å². The summed E-state index contributed by atoms with van der Waals surface area (Å²) >= 11 is 0. The largest absolute Gasteiger partial charge is 0.398 e. The molecule has 0 atom stereocenters. The van der Waals surface area contributed by atoms with Crippen LogP contribution in [0.25, 0.3) is 11.3 Å². The minimum absolute atomic E-state index is 0.788. The number of aryl methyl sites for hydroxylation is 2. The number of benzene rings is 1. The van der Waals surface area contributed by atoms with E-state index in [1.807, 2.05) is 49.0 Å². The molecule has 0 unspecified atom stereocenters. The Morgan fingerprint density at radius 2 is 2.00 bits per heavy atom. The summed E-state index contributed by atoms with van der Waals surface area (Å²) in [6.45, 7) is 1.97. The molecular weight excluding hydrogens is 174 g/mol. The molecule has 72 valence electrons. The Balaban J connectivity index is 2.60. The number of aromatic nitrogens is 2. The molecule has 0 fully saturated rings. The molecule has 0 saturated heterocycles. The van der Waals surface area contributed by atoms with Gasteiger partial charge in [-0.05, 0) is 19.1 Å². The molecule has 2 aromatic rings. The molecule has 1 aromatic heterocycles. The predicted octanol–water partition coefficient (Wildman–Crippen LogP) is 1.98. The van der Waals surface area contributed by atoms with Gasteiger partial charge in [0, 0.05) is 18.3 Å². The SMILES string of the molecule is Cc1cc(-c2ccccc2N)n(C)n1. The Labute approximate surface area is 83.2 Å². The smallest absolute Gasteiger partial charge is 0.0702 e. The Bertz CT molecular complexity index is 457. The van der Waals surface area contributed by atoms with Crippen molar-refractivity contribution >= 4 is 5.69 Å². The van der Waals surface area contributed by atoms with E-state index < -0.39 is 0 Å². The van der Waals surface area contributed by atoms with E-state index in [0.29, 0.717) is 0 Å². The van der Waals surface area contributed by atoms with Gasteiger partial charge in [0.25, 0.3) is 0 Å². The molecule has 0 spiro atoms. The first-order chi connectivity index (χ1) is 6.68. The van der Waals surface area contributed by atoms with Gasteiger partial charge >= 0.3 is 0 Å². The van der Waals surface area contributed by atoms with Crippen LogP contribution in [0, 0.1) is 6.92 Å². The van der Waals surface area contributed by atoms with Crippen molar-refractivity contribution in [1.29, 1.82) is 0 Å². The molecule has 2 rings (SSSR count). The zero-order chi connectivity index (χ0) is 10.1. The fourth-order valence-corrected chi connectivity index (χ4v) is 1.59. The first-order valence-electron chi connectivity index (χ1n) is 4.54. The van der Waals surface area contributed by atoms with Crippen LogP contribution >= 0.6 is 0 Å². The number of para-hydroxylation sites is 1. The molecule has 0 aliphatic heterocycles. The predicted molar refractivity (Wildman–Crippen MR) is 57.8 cm³/mol. The summed E-state index contributed by atoms with van der Waals surface area (Å²) in [5.74, 6) is 0. The van der Waals surface area contributed by atoms with Crippen molar-refractivity contribution in [2.45, 2.75) is 6.92 Å². The highest BCUT2D eigenvalue weighted by atomic mass is 15.3. The van der Waals surface area contributed by atoms with E-state index in [9.17, 15) is 0 Å². The molecule has 0 radical (unpaired) electrons. The summed E-state index contributed by atoms with van der Waals surface area (Å²) in [6.07, 6.45) is 0. The van der Waals surface area contributed by atoms with Crippen LogP contribution in [-0.2, 0) is 7.05 Å². The number of rotatable bonds is 1. The number of anilines is 1. The van der Waals surface area contributed by atoms with Crippen LogP contribution in [0.15, 0.2) is 30.3 Å². The van der Waals surface area contributed by atoms with Crippen LogP contribution in [-0.4, -0.2) is 9.78 Å². The summed E-state index contributed by atoms with van der Waals surface area (Å²) < 4.78 is 1.85. The minimum atomic E-state index is 0.788.